The first kappa shape index (κ1) is 14.9. The van der Waals surface area contributed by atoms with Crippen LogP contribution in [0, 0.1) is 0 Å². The minimum Gasteiger partial charge on any atom is -0.377 e. The van der Waals surface area contributed by atoms with Crippen LogP contribution in [0.4, 0.5) is 0 Å². The van der Waals surface area contributed by atoms with Crippen LogP contribution < -0.4 is 0 Å². The molecular formula is C19H19N3O2. The van der Waals surface area contributed by atoms with E-state index in [9.17, 15) is 4.79 Å². The van der Waals surface area contributed by atoms with Crippen LogP contribution in [0.5, 0.6) is 0 Å². The minimum atomic E-state index is -0.0907. The molecule has 0 aliphatic carbocycles. The van der Waals surface area contributed by atoms with Crippen LogP contribution in [-0.4, -0.2) is 40.1 Å². The van der Waals surface area contributed by atoms with Gasteiger partial charge >= 0.3 is 0 Å². The molecule has 1 saturated heterocycles. The molecular weight excluding hydrogens is 302 g/mol. The SMILES string of the molecule is Cn1cccc1[C@@H]1COCCN1C(=O)c1nccc2ccccc12. The van der Waals surface area contributed by atoms with Gasteiger partial charge in [-0.25, -0.2) is 0 Å². The Hall–Kier alpha value is -2.66. The zero-order chi connectivity index (χ0) is 16.5. The lowest BCUT2D eigenvalue weighted by Crippen LogP contribution is -2.44. The number of aromatic nitrogens is 2. The van der Waals surface area contributed by atoms with Gasteiger partial charge in [0.25, 0.3) is 5.91 Å². The maximum Gasteiger partial charge on any atom is 0.273 e. The molecule has 1 aliphatic rings. The van der Waals surface area contributed by atoms with E-state index < -0.39 is 0 Å². The third-order valence-corrected chi connectivity index (χ3v) is 4.59. The van der Waals surface area contributed by atoms with Crippen molar-refractivity contribution >= 4 is 16.7 Å². The van der Waals surface area contributed by atoms with Gasteiger partial charge < -0.3 is 14.2 Å². The number of benzene rings is 1. The van der Waals surface area contributed by atoms with Crippen LogP contribution in [0.15, 0.2) is 54.9 Å². The second-order valence-electron chi connectivity index (χ2n) is 6.01. The predicted molar refractivity (Wildman–Crippen MR) is 91.8 cm³/mol. The average molecular weight is 321 g/mol. The normalized spacial score (nSPS) is 18.0. The summed E-state index contributed by atoms with van der Waals surface area (Å²) in [6.45, 7) is 1.63. The predicted octanol–water partition coefficient (Wildman–Crippen LogP) is 2.79. The highest BCUT2D eigenvalue weighted by Crippen LogP contribution is 2.27. The largest absolute Gasteiger partial charge is 0.377 e. The fourth-order valence-corrected chi connectivity index (χ4v) is 3.34. The van der Waals surface area contributed by atoms with Gasteiger partial charge in [-0.05, 0) is 23.6 Å². The number of pyridine rings is 1. The fourth-order valence-electron chi connectivity index (χ4n) is 3.34. The number of fused-ring (bicyclic) bond motifs is 1. The summed E-state index contributed by atoms with van der Waals surface area (Å²) in [4.78, 5) is 19.5. The molecule has 0 N–H and O–H groups in total. The molecule has 5 nitrogen and oxygen atoms in total. The molecule has 1 amide bonds. The van der Waals surface area contributed by atoms with Crippen LogP contribution in [0.3, 0.4) is 0 Å². The molecule has 1 aromatic carbocycles. The van der Waals surface area contributed by atoms with Crippen molar-refractivity contribution in [2.24, 2.45) is 7.05 Å². The zero-order valence-electron chi connectivity index (χ0n) is 13.6. The number of hydrogen-bond acceptors (Lipinski definition) is 3. The van der Waals surface area contributed by atoms with Crippen molar-refractivity contribution in [1.82, 2.24) is 14.5 Å². The lowest BCUT2D eigenvalue weighted by atomic mass is 10.1. The second kappa shape index (κ2) is 6.09. The van der Waals surface area contributed by atoms with E-state index in [0.717, 1.165) is 16.5 Å². The standard InChI is InChI=1S/C19H19N3O2/c1-21-10-4-7-16(21)17-13-24-12-11-22(17)19(23)18-15-6-3-2-5-14(15)8-9-20-18/h2-10,17H,11-13H2,1H3/t17-/m0/s1. The van der Waals surface area contributed by atoms with Gasteiger partial charge in [0.15, 0.2) is 0 Å². The molecule has 3 aromatic rings. The van der Waals surface area contributed by atoms with Crippen LogP contribution in [0.25, 0.3) is 10.8 Å². The van der Waals surface area contributed by atoms with Gasteiger partial charge in [0.2, 0.25) is 0 Å². The Labute approximate surface area is 140 Å². The van der Waals surface area contributed by atoms with Gasteiger partial charge in [-0.1, -0.05) is 24.3 Å². The quantitative estimate of drug-likeness (QED) is 0.729. The zero-order valence-corrected chi connectivity index (χ0v) is 13.6. The van der Waals surface area contributed by atoms with Crippen LogP contribution in [0.2, 0.25) is 0 Å². The lowest BCUT2D eigenvalue weighted by molar-refractivity contribution is -0.00482. The second-order valence-corrected chi connectivity index (χ2v) is 6.01. The summed E-state index contributed by atoms with van der Waals surface area (Å²) in [5.74, 6) is -0.0405. The molecule has 1 aliphatic heterocycles. The smallest absolute Gasteiger partial charge is 0.273 e. The highest BCUT2D eigenvalue weighted by molar-refractivity contribution is 6.05. The summed E-state index contributed by atoms with van der Waals surface area (Å²) in [6, 6.07) is 13.7. The number of carbonyl (C=O) groups excluding carboxylic acids is 1. The van der Waals surface area contributed by atoms with Crippen LogP contribution >= 0.6 is 0 Å². The Morgan fingerprint density at radius 1 is 1.21 bits per heavy atom. The lowest BCUT2D eigenvalue weighted by Gasteiger charge is -2.35. The molecule has 0 saturated carbocycles. The molecule has 0 unspecified atom stereocenters. The van der Waals surface area contributed by atoms with Crippen molar-refractivity contribution in [3.8, 4) is 0 Å². The van der Waals surface area contributed by atoms with Crippen molar-refractivity contribution < 1.29 is 9.53 Å². The van der Waals surface area contributed by atoms with Gasteiger partial charge in [-0.2, -0.15) is 0 Å². The minimum absolute atomic E-state index is 0.0405. The monoisotopic (exact) mass is 321 g/mol. The van der Waals surface area contributed by atoms with Gasteiger partial charge in [0.1, 0.15) is 5.69 Å². The molecule has 0 radical (unpaired) electrons. The summed E-state index contributed by atoms with van der Waals surface area (Å²) in [6.07, 6.45) is 3.69. The maximum atomic E-state index is 13.2. The van der Waals surface area contributed by atoms with E-state index in [0.29, 0.717) is 25.5 Å². The Kier molecular flexibility index (Phi) is 3.78. The molecule has 0 bridgehead atoms. The fraction of sp³-hybridized carbons (Fsp3) is 0.263. The van der Waals surface area contributed by atoms with Crippen LogP contribution in [0.1, 0.15) is 22.2 Å². The van der Waals surface area contributed by atoms with Crippen LogP contribution in [-0.2, 0) is 11.8 Å². The third kappa shape index (κ3) is 2.47. The molecule has 4 rings (SSSR count). The highest BCUT2D eigenvalue weighted by atomic mass is 16.5. The number of morpholine rings is 1. The summed E-state index contributed by atoms with van der Waals surface area (Å²) in [7, 11) is 1.99. The summed E-state index contributed by atoms with van der Waals surface area (Å²) >= 11 is 0. The molecule has 24 heavy (non-hydrogen) atoms. The molecule has 3 heterocycles. The first-order chi connectivity index (χ1) is 11.8. The number of amides is 1. The number of rotatable bonds is 2. The first-order valence-electron chi connectivity index (χ1n) is 8.09. The van der Waals surface area contributed by atoms with Gasteiger partial charge in [-0.15, -0.1) is 0 Å². The number of hydrogen-bond donors (Lipinski definition) is 0. The summed E-state index contributed by atoms with van der Waals surface area (Å²) in [5.41, 5.74) is 1.58. The number of aryl methyl sites for hydroxylation is 1. The molecule has 122 valence electrons. The van der Waals surface area contributed by atoms with Gasteiger partial charge in [-0.3, -0.25) is 9.78 Å². The van der Waals surface area contributed by atoms with Gasteiger partial charge in [0.05, 0.1) is 19.3 Å². The highest BCUT2D eigenvalue weighted by Gasteiger charge is 2.31. The maximum absolute atomic E-state index is 13.2. The van der Waals surface area contributed by atoms with Crippen molar-refractivity contribution in [3.63, 3.8) is 0 Å². The number of ether oxygens (including phenoxy) is 1. The van der Waals surface area contributed by atoms with E-state index in [1.54, 1.807) is 6.20 Å². The van der Waals surface area contributed by atoms with E-state index in [1.165, 1.54) is 0 Å². The van der Waals surface area contributed by atoms with E-state index in [4.69, 9.17) is 4.74 Å². The third-order valence-electron chi connectivity index (χ3n) is 4.59. The molecule has 1 fully saturated rings. The van der Waals surface area contributed by atoms with E-state index in [-0.39, 0.29) is 11.9 Å². The molecule has 2 aromatic heterocycles. The number of nitrogens with zero attached hydrogens (tertiary/aromatic N) is 3. The van der Waals surface area contributed by atoms with Gasteiger partial charge in [0, 0.05) is 37.1 Å². The van der Waals surface area contributed by atoms with Crippen molar-refractivity contribution in [2.45, 2.75) is 6.04 Å². The molecule has 5 heteroatoms. The Balaban J connectivity index is 1.75. The topological polar surface area (TPSA) is 47.4 Å². The summed E-state index contributed by atoms with van der Waals surface area (Å²) < 4.78 is 7.67. The van der Waals surface area contributed by atoms with E-state index in [2.05, 4.69) is 4.98 Å². The Morgan fingerprint density at radius 3 is 2.92 bits per heavy atom. The van der Waals surface area contributed by atoms with Crippen molar-refractivity contribution in [3.05, 3.63) is 66.2 Å². The summed E-state index contributed by atoms with van der Waals surface area (Å²) in [5, 5.41) is 1.92. The first-order valence-corrected chi connectivity index (χ1v) is 8.09. The molecule has 1 atom stereocenters. The van der Waals surface area contributed by atoms with Crippen molar-refractivity contribution in [2.75, 3.05) is 19.8 Å². The number of carbonyl (C=O) groups is 1. The average Bonchev–Trinajstić information content (AvgIpc) is 3.06. The molecule has 0 spiro atoms. The Bertz CT molecular complexity index is 882. The van der Waals surface area contributed by atoms with E-state index in [1.807, 2.05) is 65.2 Å². The van der Waals surface area contributed by atoms with Crippen molar-refractivity contribution in [1.29, 1.82) is 0 Å². The Morgan fingerprint density at radius 2 is 2.08 bits per heavy atom. The van der Waals surface area contributed by atoms with E-state index >= 15 is 0 Å².